The van der Waals surface area contributed by atoms with Crippen LogP contribution in [-0.4, -0.2) is 4.99 Å². The van der Waals surface area contributed by atoms with E-state index >= 15 is 0 Å². The van der Waals surface area contributed by atoms with Crippen molar-refractivity contribution < 1.29 is 0 Å². The van der Waals surface area contributed by atoms with Gasteiger partial charge in [-0.3, -0.25) is 0 Å². The monoisotopic (exact) mass is 130 g/mol. The Morgan fingerprint density at radius 2 is 2.38 bits per heavy atom. The van der Waals surface area contributed by atoms with Gasteiger partial charge in [-0.15, -0.1) is 0 Å². The summed E-state index contributed by atoms with van der Waals surface area (Å²) >= 11 is 4.66. The van der Waals surface area contributed by atoms with Gasteiger partial charge in [-0.1, -0.05) is 32.5 Å². The fraction of sp³-hybridized carbons (Fsp3) is 0.667. The molecular weight excluding hydrogens is 118 g/mol. The zero-order valence-corrected chi connectivity index (χ0v) is 6.16. The Kier molecular flexibility index (Phi) is 3.79. The summed E-state index contributed by atoms with van der Waals surface area (Å²) in [5, 5.41) is 0. The lowest BCUT2D eigenvalue weighted by molar-refractivity contribution is 0.673. The average molecular weight is 130 g/mol. The van der Waals surface area contributed by atoms with Gasteiger partial charge in [0, 0.05) is 6.42 Å². The largest absolute Gasteiger partial charge is 0.393 e. The van der Waals surface area contributed by atoms with Crippen LogP contribution in [0.25, 0.3) is 0 Å². The molecule has 2 N–H and O–H groups in total. The summed E-state index contributed by atoms with van der Waals surface area (Å²) in [4.78, 5) is 0.513. The molecule has 8 heavy (non-hydrogen) atoms. The fourth-order valence-corrected chi connectivity index (χ4v) is 0.631. The van der Waals surface area contributed by atoms with Crippen molar-refractivity contribution in [2.75, 3.05) is 0 Å². The highest BCUT2D eigenvalue weighted by Crippen LogP contribution is 2.03. The average Bonchev–Trinajstić information content (AvgIpc) is 1.65. The van der Waals surface area contributed by atoms with Crippen molar-refractivity contribution in [3.8, 4) is 0 Å². The number of thiocarbonyl (C=S) groups is 1. The van der Waals surface area contributed by atoms with Crippen molar-refractivity contribution in [1.29, 1.82) is 0 Å². The van der Waals surface area contributed by atoms with Gasteiger partial charge < -0.3 is 5.73 Å². The predicted molar refractivity (Wildman–Crippen MR) is 40.5 cm³/mol. The van der Waals surface area contributed by atoms with Gasteiger partial charge in [0.15, 0.2) is 0 Å². The molecule has 1 nitrogen and oxygen atoms in total. The van der Waals surface area contributed by atoms with E-state index in [1.54, 1.807) is 0 Å². The van der Waals surface area contributed by atoms with E-state index in [0.717, 1.165) is 6.42 Å². The van der Waals surface area contributed by atoms with Crippen molar-refractivity contribution in [3.63, 3.8) is 0 Å². The smallest absolute Gasteiger partial charge is 0.0768 e. The molecule has 0 aliphatic heterocycles. The Bertz CT molecular complexity index is 80.6. The minimum atomic E-state index is 0.513. The van der Waals surface area contributed by atoms with Gasteiger partial charge in [-0.2, -0.15) is 0 Å². The van der Waals surface area contributed by atoms with E-state index in [9.17, 15) is 0 Å². The zero-order chi connectivity index (χ0) is 6.57. The summed E-state index contributed by atoms with van der Waals surface area (Å²) in [5.74, 6) is 0.535. The first-order chi connectivity index (χ1) is 3.66. The zero-order valence-electron chi connectivity index (χ0n) is 5.35. The number of nitrogens with two attached hydrogens (primary N) is 1. The van der Waals surface area contributed by atoms with Crippen LogP contribution in [-0.2, 0) is 0 Å². The van der Waals surface area contributed by atoms with Crippen LogP contribution in [0.15, 0.2) is 0 Å². The molecule has 0 aliphatic rings. The highest BCUT2D eigenvalue weighted by Gasteiger charge is 1.98. The van der Waals surface area contributed by atoms with Crippen LogP contribution in [0, 0.1) is 12.3 Å². The van der Waals surface area contributed by atoms with Crippen molar-refractivity contribution in [3.05, 3.63) is 6.42 Å². The Labute approximate surface area is 56.3 Å². The number of hydrogen-bond donors (Lipinski definition) is 1. The maximum atomic E-state index is 5.24. The third-order valence-corrected chi connectivity index (χ3v) is 1.23. The van der Waals surface area contributed by atoms with Gasteiger partial charge in [0.05, 0.1) is 4.99 Å². The van der Waals surface area contributed by atoms with Gasteiger partial charge in [0.2, 0.25) is 0 Å². The molecule has 0 saturated carbocycles. The highest BCUT2D eigenvalue weighted by molar-refractivity contribution is 7.80. The van der Waals surface area contributed by atoms with Crippen LogP contribution in [0.4, 0.5) is 0 Å². The van der Waals surface area contributed by atoms with Gasteiger partial charge in [-0.05, 0) is 5.92 Å². The molecule has 0 rings (SSSR count). The summed E-state index contributed by atoms with van der Waals surface area (Å²) in [6, 6.07) is 0. The van der Waals surface area contributed by atoms with Crippen LogP contribution >= 0.6 is 12.2 Å². The first-order valence-electron chi connectivity index (χ1n) is 2.81. The SMILES string of the molecule is CCC(C)[CH]C(N)=S. The standard InChI is InChI=1S/C6H12NS/c1-3-5(2)4-6(7)8/h4-5H,3H2,1-2H3,(H2,7,8). The van der Waals surface area contributed by atoms with Crippen molar-refractivity contribution in [1.82, 2.24) is 0 Å². The quantitative estimate of drug-likeness (QED) is 0.586. The van der Waals surface area contributed by atoms with Gasteiger partial charge in [0.1, 0.15) is 0 Å². The second-order valence-electron chi connectivity index (χ2n) is 1.95. The topological polar surface area (TPSA) is 26.0 Å². The molecule has 47 valence electrons. The second-order valence-corrected chi connectivity index (χ2v) is 2.43. The molecule has 1 atom stereocenters. The van der Waals surface area contributed by atoms with Crippen LogP contribution in [0.3, 0.4) is 0 Å². The summed E-state index contributed by atoms with van der Waals surface area (Å²) in [6.07, 6.45) is 3.01. The number of rotatable bonds is 3. The normalized spacial score (nSPS) is 13.2. The molecule has 0 heterocycles. The van der Waals surface area contributed by atoms with Gasteiger partial charge in [0.25, 0.3) is 0 Å². The molecule has 2 heteroatoms. The Morgan fingerprint density at radius 1 is 1.88 bits per heavy atom. The van der Waals surface area contributed by atoms with Crippen LogP contribution in [0.5, 0.6) is 0 Å². The Morgan fingerprint density at radius 3 is 2.50 bits per heavy atom. The Hall–Kier alpha value is -0.110. The lowest BCUT2D eigenvalue weighted by atomic mass is 10.1. The van der Waals surface area contributed by atoms with E-state index in [4.69, 9.17) is 5.73 Å². The third-order valence-electron chi connectivity index (χ3n) is 1.09. The molecule has 0 aliphatic carbocycles. The van der Waals surface area contributed by atoms with Gasteiger partial charge >= 0.3 is 0 Å². The molecule has 0 amide bonds. The van der Waals surface area contributed by atoms with Crippen molar-refractivity contribution >= 4 is 17.2 Å². The summed E-state index contributed by atoms with van der Waals surface area (Å²) in [6.45, 7) is 4.21. The second kappa shape index (κ2) is 3.84. The molecule has 0 bridgehead atoms. The first kappa shape index (κ1) is 7.89. The third kappa shape index (κ3) is 4.06. The Balaban J connectivity index is 3.24. The molecular formula is C6H12NS. The minimum absolute atomic E-state index is 0.513. The molecule has 0 aromatic rings. The molecule has 0 spiro atoms. The molecule has 0 fully saturated rings. The van der Waals surface area contributed by atoms with Crippen LogP contribution in [0.1, 0.15) is 20.3 Å². The molecule has 1 radical (unpaired) electrons. The fourth-order valence-electron chi connectivity index (χ4n) is 0.398. The highest BCUT2D eigenvalue weighted by atomic mass is 32.1. The van der Waals surface area contributed by atoms with Crippen LogP contribution < -0.4 is 5.73 Å². The van der Waals surface area contributed by atoms with Crippen molar-refractivity contribution in [2.24, 2.45) is 11.7 Å². The van der Waals surface area contributed by atoms with Crippen molar-refractivity contribution in [2.45, 2.75) is 20.3 Å². The predicted octanol–water partition coefficient (Wildman–Crippen LogP) is 1.52. The van der Waals surface area contributed by atoms with E-state index in [1.807, 2.05) is 6.42 Å². The van der Waals surface area contributed by atoms with E-state index in [2.05, 4.69) is 26.1 Å². The summed E-state index contributed by atoms with van der Waals surface area (Å²) < 4.78 is 0. The lowest BCUT2D eigenvalue weighted by Gasteiger charge is -2.03. The maximum Gasteiger partial charge on any atom is 0.0768 e. The minimum Gasteiger partial charge on any atom is -0.393 e. The van der Waals surface area contributed by atoms with Crippen LogP contribution in [0.2, 0.25) is 0 Å². The molecule has 0 aromatic carbocycles. The van der Waals surface area contributed by atoms with E-state index in [1.165, 1.54) is 0 Å². The maximum absolute atomic E-state index is 5.24. The summed E-state index contributed by atoms with van der Waals surface area (Å²) in [7, 11) is 0. The molecule has 0 saturated heterocycles. The molecule has 0 aromatic heterocycles. The molecule has 1 unspecified atom stereocenters. The van der Waals surface area contributed by atoms with E-state index in [-0.39, 0.29) is 0 Å². The van der Waals surface area contributed by atoms with E-state index < -0.39 is 0 Å². The first-order valence-corrected chi connectivity index (χ1v) is 3.22. The lowest BCUT2D eigenvalue weighted by Crippen LogP contribution is -2.12. The number of hydrogen-bond acceptors (Lipinski definition) is 1. The summed E-state index contributed by atoms with van der Waals surface area (Å²) in [5.41, 5.74) is 5.24. The van der Waals surface area contributed by atoms with Gasteiger partial charge in [-0.25, -0.2) is 0 Å². The van der Waals surface area contributed by atoms with E-state index in [0.29, 0.717) is 10.9 Å².